The number of nitrogens with zero attached hydrogens (tertiary/aromatic N) is 2. The molecule has 0 spiro atoms. The number of halogens is 2. The molecule has 3 heterocycles. The predicted molar refractivity (Wildman–Crippen MR) is 120 cm³/mol. The number of ketones is 1. The minimum Gasteiger partial charge on any atom is -0.503 e. The van der Waals surface area contributed by atoms with E-state index in [-0.39, 0.29) is 27.7 Å². The molecule has 0 saturated heterocycles. The molecule has 0 unspecified atom stereocenters. The zero-order valence-electron chi connectivity index (χ0n) is 16.5. The monoisotopic (exact) mass is 468 g/mol. The molecule has 0 amide bonds. The van der Waals surface area contributed by atoms with Crippen molar-refractivity contribution in [2.45, 2.75) is 6.92 Å². The van der Waals surface area contributed by atoms with Gasteiger partial charge in [-0.2, -0.15) is 0 Å². The maximum Gasteiger partial charge on any atom is 0.242 e. The van der Waals surface area contributed by atoms with Crippen LogP contribution in [0.3, 0.4) is 0 Å². The van der Waals surface area contributed by atoms with Gasteiger partial charge in [0.15, 0.2) is 16.6 Å². The van der Waals surface area contributed by atoms with E-state index in [1.54, 1.807) is 31.2 Å². The SMILES string of the molecule is Cc1ccc(C(=O)c2c(O)c(O)n(-c3nc4c(Cl)cccc4s3)c2-c2cccc(F)c2)o1. The Hall–Kier alpha value is -3.62. The number of rotatable bonds is 4. The molecule has 0 bridgehead atoms. The highest BCUT2D eigenvalue weighted by Crippen LogP contribution is 2.45. The number of carbonyl (C=O) groups excluding carboxylic acids is 1. The van der Waals surface area contributed by atoms with Gasteiger partial charge in [0.2, 0.25) is 11.7 Å². The van der Waals surface area contributed by atoms with E-state index in [1.807, 2.05) is 6.07 Å². The van der Waals surface area contributed by atoms with Gasteiger partial charge in [-0.05, 0) is 43.3 Å². The molecule has 0 aliphatic rings. The van der Waals surface area contributed by atoms with Gasteiger partial charge in [0, 0.05) is 5.56 Å². The van der Waals surface area contributed by atoms with Crippen LogP contribution in [0.5, 0.6) is 11.6 Å². The molecule has 2 aromatic carbocycles. The molecule has 3 aromatic heterocycles. The van der Waals surface area contributed by atoms with E-state index in [0.29, 0.717) is 16.3 Å². The van der Waals surface area contributed by atoms with Crippen LogP contribution in [0.15, 0.2) is 59.0 Å². The molecular weight excluding hydrogens is 455 g/mol. The van der Waals surface area contributed by atoms with Crippen molar-refractivity contribution in [3.8, 4) is 28.0 Å². The van der Waals surface area contributed by atoms with Crippen molar-refractivity contribution in [2.75, 3.05) is 0 Å². The van der Waals surface area contributed by atoms with Gasteiger partial charge in [0.05, 0.1) is 21.0 Å². The van der Waals surface area contributed by atoms with E-state index >= 15 is 0 Å². The molecule has 0 aliphatic carbocycles. The van der Waals surface area contributed by atoms with Crippen LogP contribution >= 0.6 is 22.9 Å². The normalized spacial score (nSPS) is 11.3. The Kier molecular flexibility index (Phi) is 4.76. The first kappa shape index (κ1) is 20.3. The second kappa shape index (κ2) is 7.51. The standard InChI is InChI=1S/C23H14ClFN2O4S/c1-11-8-9-15(31-11)20(28)17-19(12-4-2-5-13(25)10-12)27(22(30)21(17)29)23-26-18-14(24)6-3-7-16(18)32-23/h2-10,29-30H,1H3. The largest absolute Gasteiger partial charge is 0.503 e. The molecule has 0 saturated carbocycles. The van der Waals surface area contributed by atoms with Gasteiger partial charge < -0.3 is 14.6 Å². The molecule has 0 aliphatic heterocycles. The van der Waals surface area contributed by atoms with Crippen LogP contribution in [0.25, 0.3) is 26.6 Å². The van der Waals surface area contributed by atoms with Gasteiger partial charge >= 0.3 is 0 Å². The van der Waals surface area contributed by atoms with E-state index in [0.717, 1.165) is 4.70 Å². The van der Waals surface area contributed by atoms with Crippen molar-refractivity contribution in [3.05, 3.63) is 82.5 Å². The van der Waals surface area contributed by atoms with Gasteiger partial charge in [-0.3, -0.25) is 9.36 Å². The van der Waals surface area contributed by atoms with Crippen LogP contribution in [-0.4, -0.2) is 25.5 Å². The number of hydrogen-bond donors (Lipinski definition) is 2. The molecule has 0 radical (unpaired) electrons. The summed E-state index contributed by atoms with van der Waals surface area (Å²) in [4.78, 5) is 17.8. The molecule has 5 rings (SSSR count). The van der Waals surface area contributed by atoms with Crippen LogP contribution in [0.2, 0.25) is 5.02 Å². The average molecular weight is 469 g/mol. The molecular formula is C23H14ClFN2O4S. The fraction of sp³-hybridized carbons (Fsp3) is 0.0435. The van der Waals surface area contributed by atoms with E-state index in [1.165, 1.54) is 40.2 Å². The van der Waals surface area contributed by atoms with E-state index < -0.39 is 23.2 Å². The van der Waals surface area contributed by atoms with Crippen molar-refractivity contribution < 1.29 is 23.8 Å². The van der Waals surface area contributed by atoms with Crippen LogP contribution < -0.4 is 0 Å². The summed E-state index contributed by atoms with van der Waals surface area (Å²) in [7, 11) is 0. The third-order valence-electron chi connectivity index (χ3n) is 4.96. The summed E-state index contributed by atoms with van der Waals surface area (Å²) in [5.74, 6) is -2.00. The molecule has 6 nitrogen and oxygen atoms in total. The molecule has 0 fully saturated rings. The van der Waals surface area contributed by atoms with Crippen LogP contribution in [0.4, 0.5) is 4.39 Å². The fourth-order valence-electron chi connectivity index (χ4n) is 3.54. The van der Waals surface area contributed by atoms with E-state index in [9.17, 15) is 19.4 Å². The number of hydrogen-bond acceptors (Lipinski definition) is 6. The summed E-state index contributed by atoms with van der Waals surface area (Å²) < 4.78 is 21.5. The number of aromatic hydroxyl groups is 2. The minimum atomic E-state index is -0.664. The summed E-state index contributed by atoms with van der Waals surface area (Å²) >= 11 is 7.44. The van der Waals surface area contributed by atoms with Crippen LogP contribution in [-0.2, 0) is 0 Å². The van der Waals surface area contributed by atoms with Gasteiger partial charge in [0.1, 0.15) is 17.1 Å². The highest BCUT2D eigenvalue weighted by Gasteiger charge is 2.32. The summed E-state index contributed by atoms with van der Waals surface area (Å²) in [6.45, 7) is 1.68. The summed E-state index contributed by atoms with van der Waals surface area (Å²) in [6.07, 6.45) is 0. The number of carbonyl (C=O) groups is 1. The van der Waals surface area contributed by atoms with Gasteiger partial charge in [0.25, 0.3) is 0 Å². The second-order valence-corrected chi connectivity index (χ2v) is 8.48. The number of aryl methyl sites for hydroxylation is 1. The Labute approximate surface area is 189 Å². The third kappa shape index (κ3) is 3.16. The number of furan rings is 1. The Balaban J connectivity index is 1.84. The first-order chi connectivity index (χ1) is 15.3. The molecule has 5 aromatic rings. The van der Waals surface area contributed by atoms with Gasteiger partial charge in [-0.1, -0.05) is 41.1 Å². The van der Waals surface area contributed by atoms with Gasteiger partial charge in [-0.15, -0.1) is 0 Å². The highest BCUT2D eigenvalue weighted by atomic mass is 35.5. The molecule has 2 N–H and O–H groups in total. The summed E-state index contributed by atoms with van der Waals surface area (Å²) in [5, 5.41) is 22.3. The first-order valence-corrected chi connectivity index (χ1v) is 10.6. The lowest BCUT2D eigenvalue weighted by molar-refractivity contribution is 0.101. The molecule has 32 heavy (non-hydrogen) atoms. The quantitative estimate of drug-likeness (QED) is 0.311. The second-order valence-electron chi connectivity index (χ2n) is 7.06. The molecule has 160 valence electrons. The van der Waals surface area contributed by atoms with Crippen molar-refractivity contribution in [1.82, 2.24) is 9.55 Å². The van der Waals surface area contributed by atoms with Crippen LogP contribution in [0, 0.1) is 12.7 Å². The van der Waals surface area contributed by atoms with E-state index in [4.69, 9.17) is 16.0 Å². The molecule has 9 heteroatoms. The Bertz CT molecular complexity index is 1520. The number of aromatic nitrogens is 2. The van der Waals surface area contributed by atoms with Crippen molar-refractivity contribution in [3.63, 3.8) is 0 Å². The topological polar surface area (TPSA) is 88.5 Å². The number of benzene rings is 2. The van der Waals surface area contributed by atoms with Gasteiger partial charge in [-0.25, -0.2) is 9.37 Å². The first-order valence-electron chi connectivity index (χ1n) is 9.44. The Morgan fingerprint density at radius 2 is 1.94 bits per heavy atom. The minimum absolute atomic E-state index is 0.0278. The maximum atomic E-state index is 14.1. The smallest absolute Gasteiger partial charge is 0.242 e. The number of thiazole rings is 1. The lowest BCUT2D eigenvalue weighted by Crippen LogP contribution is -2.04. The third-order valence-corrected chi connectivity index (χ3v) is 6.27. The lowest BCUT2D eigenvalue weighted by atomic mass is 10.0. The zero-order chi connectivity index (χ0) is 22.6. The van der Waals surface area contributed by atoms with Crippen molar-refractivity contribution in [2.24, 2.45) is 0 Å². The van der Waals surface area contributed by atoms with E-state index in [2.05, 4.69) is 4.98 Å². The molecule has 0 atom stereocenters. The number of para-hydroxylation sites is 1. The maximum absolute atomic E-state index is 14.1. The fourth-order valence-corrected chi connectivity index (χ4v) is 4.81. The highest BCUT2D eigenvalue weighted by molar-refractivity contribution is 7.21. The lowest BCUT2D eigenvalue weighted by Gasteiger charge is -2.09. The Morgan fingerprint density at radius 1 is 1.16 bits per heavy atom. The Morgan fingerprint density at radius 3 is 2.62 bits per heavy atom. The average Bonchev–Trinajstić information content (AvgIpc) is 3.45. The van der Waals surface area contributed by atoms with Crippen molar-refractivity contribution in [1.29, 1.82) is 0 Å². The van der Waals surface area contributed by atoms with Crippen molar-refractivity contribution >= 4 is 38.9 Å². The predicted octanol–water partition coefficient (Wildman–Crippen LogP) is 6.09. The summed E-state index contributed by atoms with van der Waals surface area (Å²) in [5.41, 5.74) is 0.612. The zero-order valence-corrected chi connectivity index (χ0v) is 18.0. The summed E-state index contributed by atoms with van der Waals surface area (Å²) in [6, 6.07) is 13.8. The number of fused-ring (bicyclic) bond motifs is 1. The van der Waals surface area contributed by atoms with Crippen LogP contribution in [0.1, 0.15) is 21.9 Å².